The molecule has 1 aromatic carbocycles. The molecule has 0 aliphatic carbocycles. The summed E-state index contributed by atoms with van der Waals surface area (Å²) in [4.78, 5) is 11.8. The number of pyridine rings is 1. The fourth-order valence-corrected chi connectivity index (χ4v) is 1.94. The molecule has 1 aromatic heterocycles. The zero-order valence-corrected chi connectivity index (χ0v) is 8.95. The highest BCUT2D eigenvalue weighted by atomic mass is 16.1. The number of anilines is 1. The molecule has 0 bridgehead atoms. The fourth-order valence-electron chi connectivity index (χ4n) is 1.94. The minimum atomic E-state index is 0.0412. The third-order valence-corrected chi connectivity index (χ3v) is 2.66. The summed E-state index contributed by atoms with van der Waals surface area (Å²) in [5.74, 6) is 0. The molecule has 3 heteroatoms. The van der Waals surface area contributed by atoms with Crippen molar-refractivity contribution in [3.63, 3.8) is 0 Å². The van der Waals surface area contributed by atoms with Gasteiger partial charge in [-0.3, -0.25) is 4.79 Å². The van der Waals surface area contributed by atoms with E-state index >= 15 is 0 Å². The average molecular weight is 202 g/mol. The Balaban J connectivity index is 2.96. The molecule has 0 unspecified atom stereocenters. The highest BCUT2D eigenvalue weighted by Crippen LogP contribution is 2.15. The number of hydrogen-bond acceptors (Lipinski definition) is 2. The van der Waals surface area contributed by atoms with Gasteiger partial charge in [0.1, 0.15) is 0 Å². The predicted molar refractivity (Wildman–Crippen MR) is 63.0 cm³/mol. The number of nitrogens with two attached hydrogens (primary N) is 1. The van der Waals surface area contributed by atoms with Crippen LogP contribution in [0.2, 0.25) is 0 Å². The highest BCUT2D eigenvalue weighted by Gasteiger charge is 2.04. The van der Waals surface area contributed by atoms with Gasteiger partial charge in [0, 0.05) is 29.4 Å². The molecule has 0 amide bonds. The van der Waals surface area contributed by atoms with Crippen LogP contribution in [-0.2, 0) is 6.54 Å². The second-order valence-corrected chi connectivity index (χ2v) is 3.67. The zero-order valence-electron chi connectivity index (χ0n) is 8.95. The van der Waals surface area contributed by atoms with Crippen LogP contribution in [0.15, 0.2) is 29.1 Å². The van der Waals surface area contributed by atoms with Crippen LogP contribution >= 0.6 is 0 Å². The smallest absolute Gasteiger partial charge is 0.189 e. The third kappa shape index (κ3) is 1.50. The van der Waals surface area contributed by atoms with Crippen LogP contribution in [0.25, 0.3) is 10.9 Å². The van der Waals surface area contributed by atoms with Crippen molar-refractivity contribution in [2.75, 3.05) is 5.73 Å². The van der Waals surface area contributed by atoms with Gasteiger partial charge in [0.05, 0.1) is 5.52 Å². The van der Waals surface area contributed by atoms with Gasteiger partial charge < -0.3 is 10.3 Å². The molecule has 78 valence electrons. The first kappa shape index (κ1) is 9.77. The Morgan fingerprint density at radius 3 is 2.73 bits per heavy atom. The van der Waals surface area contributed by atoms with E-state index in [-0.39, 0.29) is 5.43 Å². The van der Waals surface area contributed by atoms with E-state index in [9.17, 15) is 4.79 Å². The molecule has 0 fully saturated rings. The lowest BCUT2D eigenvalue weighted by atomic mass is 10.1. The van der Waals surface area contributed by atoms with Gasteiger partial charge in [-0.25, -0.2) is 0 Å². The number of fused-ring (bicyclic) bond motifs is 1. The van der Waals surface area contributed by atoms with Crippen molar-refractivity contribution >= 4 is 16.6 Å². The summed E-state index contributed by atoms with van der Waals surface area (Å²) in [6.07, 6.45) is 0. The van der Waals surface area contributed by atoms with Gasteiger partial charge in [-0.15, -0.1) is 0 Å². The van der Waals surface area contributed by atoms with E-state index in [4.69, 9.17) is 5.73 Å². The first-order valence-corrected chi connectivity index (χ1v) is 5.03. The van der Waals surface area contributed by atoms with Crippen LogP contribution in [0.1, 0.15) is 12.6 Å². The topological polar surface area (TPSA) is 48.0 Å². The predicted octanol–water partition coefficient (Wildman–Crippen LogP) is 1.91. The molecule has 0 atom stereocenters. The summed E-state index contributed by atoms with van der Waals surface area (Å²) < 4.78 is 2.11. The first-order chi connectivity index (χ1) is 7.13. The van der Waals surface area contributed by atoms with Gasteiger partial charge in [0.15, 0.2) is 5.43 Å². The Morgan fingerprint density at radius 2 is 2.07 bits per heavy atom. The Hall–Kier alpha value is -1.77. The normalized spacial score (nSPS) is 10.8. The van der Waals surface area contributed by atoms with E-state index in [1.54, 1.807) is 12.1 Å². The Kier molecular flexibility index (Phi) is 2.23. The van der Waals surface area contributed by atoms with Crippen molar-refractivity contribution in [1.29, 1.82) is 0 Å². The van der Waals surface area contributed by atoms with E-state index in [0.29, 0.717) is 11.1 Å². The maximum atomic E-state index is 11.8. The molecule has 0 spiro atoms. The average Bonchev–Trinajstić information content (AvgIpc) is 2.19. The van der Waals surface area contributed by atoms with Gasteiger partial charge in [-0.1, -0.05) is 0 Å². The summed E-state index contributed by atoms with van der Waals surface area (Å²) in [6, 6.07) is 7.13. The minimum absolute atomic E-state index is 0.0412. The number of aryl methyl sites for hydroxylation is 2. The molecular formula is C12H14N2O. The fraction of sp³-hybridized carbons (Fsp3) is 0.250. The molecule has 0 aliphatic rings. The second-order valence-electron chi connectivity index (χ2n) is 3.67. The van der Waals surface area contributed by atoms with Crippen molar-refractivity contribution in [1.82, 2.24) is 4.57 Å². The largest absolute Gasteiger partial charge is 0.399 e. The second kappa shape index (κ2) is 3.42. The number of nitrogens with zero attached hydrogens (tertiary/aromatic N) is 1. The number of rotatable bonds is 1. The molecular weight excluding hydrogens is 188 g/mol. The van der Waals surface area contributed by atoms with E-state index in [2.05, 4.69) is 11.5 Å². The van der Waals surface area contributed by atoms with Crippen molar-refractivity contribution in [2.45, 2.75) is 20.4 Å². The summed E-state index contributed by atoms with van der Waals surface area (Å²) in [7, 11) is 0. The molecule has 0 saturated heterocycles. The van der Waals surface area contributed by atoms with Crippen LogP contribution in [0.5, 0.6) is 0 Å². The SMILES string of the molecule is CCn1c(C)cc(=O)c2cc(N)ccc21. The summed E-state index contributed by atoms with van der Waals surface area (Å²) in [6.45, 7) is 4.86. The van der Waals surface area contributed by atoms with Crippen LogP contribution in [0, 0.1) is 6.92 Å². The lowest BCUT2D eigenvalue weighted by molar-refractivity contribution is 0.758. The summed E-state index contributed by atoms with van der Waals surface area (Å²) >= 11 is 0. The molecule has 0 saturated carbocycles. The van der Waals surface area contributed by atoms with Crippen LogP contribution in [-0.4, -0.2) is 4.57 Å². The van der Waals surface area contributed by atoms with Crippen LogP contribution in [0.3, 0.4) is 0 Å². The van der Waals surface area contributed by atoms with Crippen molar-refractivity contribution < 1.29 is 0 Å². The maximum absolute atomic E-state index is 11.8. The quantitative estimate of drug-likeness (QED) is 0.718. The van der Waals surface area contributed by atoms with E-state index in [0.717, 1.165) is 17.8 Å². The van der Waals surface area contributed by atoms with Crippen LogP contribution < -0.4 is 11.2 Å². The number of benzene rings is 1. The number of aromatic nitrogens is 1. The van der Waals surface area contributed by atoms with Crippen molar-refractivity contribution in [2.24, 2.45) is 0 Å². The first-order valence-electron chi connectivity index (χ1n) is 5.03. The van der Waals surface area contributed by atoms with Gasteiger partial charge in [-0.05, 0) is 32.0 Å². The maximum Gasteiger partial charge on any atom is 0.189 e. The van der Waals surface area contributed by atoms with E-state index < -0.39 is 0 Å². The van der Waals surface area contributed by atoms with Gasteiger partial charge >= 0.3 is 0 Å². The highest BCUT2D eigenvalue weighted by molar-refractivity contribution is 5.82. The Labute approximate surface area is 88.1 Å². The molecule has 0 radical (unpaired) electrons. The van der Waals surface area contributed by atoms with Gasteiger partial charge in [0.25, 0.3) is 0 Å². The molecule has 15 heavy (non-hydrogen) atoms. The minimum Gasteiger partial charge on any atom is -0.399 e. The van der Waals surface area contributed by atoms with E-state index in [1.165, 1.54) is 0 Å². The monoisotopic (exact) mass is 202 g/mol. The lowest BCUT2D eigenvalue weighted by Crippen LogP contribution is -2.11. The lowest BCUT2D eigenvalue weighted by Gasteiger charge is -2.12. The third-order valence-electron chi connectivity index (χ3n) is 2.66. The van der Waals surface area contributed by atoms with Gasteiger partial charge in [-0.2, -0.15) is 0 Å². The van der Waals surface area contributed by atoms with Crippen molar-refractivity contribution in [3.05, 3.63) is 40.2 Å². The van der Waals surface area contributed by atoms with Gasteiger partial charge in [0.2, 0.25) is 0 Å². The Morgan fingerprint density at radius 1 is 1.33 bits per heavy atom. The zero-order chi connectivity index (χ0) is 11.0. The standard InChI is InChI=1S/C12H14N2O/c1-3-14-8(2)6-12(15)10-7-9(13)4-5-11(10)14/h4-7H,3,13H2,1-2H3. The van der Waals surface area contributed by atoms with Crippen LogP contribution in [0.4, 0.5) is 5.69 Å². The molecule has 2 N–H and O–H groups in total. The molecule has 2 aromatic rings. The molecule has 1 heterocycles. The van der Waals surface area contributed by atoms with E-state index in [1.807, 2.05) is 19.1 Å². The number of nitrogen functional groups attached to an aromatic ring is 1. The molecule has 3 nitrogen and oxygen atoms in total. The number of hydrogen-bond donors (Lipinski definition) is 1. The summed E-state index contributed by atoms with van der Waals surface area (Å²) in [5, 5.41) is 0.697. The summed E-state index contributed by atoms with van der Waals surface area (Å²) in [5.41, 5.74) is 8.29. The van der Waals surface area contributed by atoms with Crippen molar-refractivity contribution in [3.8, 4) is 0 Å². The Bertz CT molecular complexity index is 570. The molecule has 2 rings (SSSR count). The molecule has 0 aliphatic heterocycles.